The molecule has 5 heteroatoms. The van der Waals surface area contributed by atoms with Gasteiger partial charge in [0.15, 0.2) is 0 Å². The minimum absolute atomic E-state index is 0.112. The Morgan fingerprint density at radius 1 is 1.47 bits per heavy atom. The molecule has 1 aromatic carbocycles. The third kappa shape index (κ3) is 3.58. The van der Waals surface area contributed by atoms with E-state index in [1.165, 1.54) is 6.07 Å². The van der Waals surface area contributed by atoms with Gasteiger partial charge in [-0.1, -0.05) is 22.0 Å². The van der Waals surface area contributed by atoms with Gasteiger partial charge in [-0.2, -0.15) is 8.78 Å². The summed E-state index contributed by atoms with van der Waals surface area (Å²) in [5.41, 5.74) is 0.588. The third-order valence-electron chi connectivity index (χ3n) is 1.80. The highest BCUT2D eigenvalue weighted by atomic mass is 79.9. The Kier molecular flexibility index (Phi) is 4.68. The zero-order valence-corrected chi connectivity index (χ0v) is 9.34. The van der Waals surface area contributed by atoms with Crippen LogP contribution in [0.15, 0.2) is 22.7 Å². The van der Waals surface area contributed by atoms with Crippen molar-refractivity contribution in [3.05, 3.63) is 28.2 Å². The molecular formula is C10H9BrF2O2. The van der Waals surface area contributed by atoms with E-state index in [4.69, 9.17) is 0 Å². The minimum Gasteiger partial charge on any atom is -0.435 e. The van der Waals surface area contributed by atoms with Crippen LogP contribution in [0, 0.1) is 0 Å². The molecule has 15 heavy (non-hydrogen) atoms. The number of rotatable bonds is 5. The van der Waals surface area contributed by atoms with Gasteiger partial charge in [0.2, 0.25) is 0 Å². The zero-order chi connectivity index (χ0) is 11.3. The van der Waals surface area contributed by atoms with Crippen molar-refractivity contribution in [1.82, 2.24) is 0 Å². The first-order chi connectivity index (χ1) is 7.15. The Hall–Kier alpha value is -0.970. The van der Waals surface area contributed by atoms with Crippen LogP contribution in [-0.2, 0) is 11.2 Å². The predicted molar refractivity (Wildman–Crippen MR) is 55.2 cm³/mol. The molecule has 0 radical (unpaired) electrons. The molecule has 0 aliphatic heterocycles. The lowest BCUT2D eigenvalue weighted by molar-refractivity contribution is -0.107. The molecule has 0 aromatic heterocycles. The summed E-state index contributed by atoms with van der Waals surface area (Å²) in [5, 5.41) is 0. The van der Waals surface area contributed by atoms with Gasteiger partial charge < -0.3 is 9.53 Å². The third-order valence-corrected chi connectivity index (χ3v) is 2.55. The number of benzene rings is 1. The molecule has 0 heterocycles. The van der Waals surface area contributed by atoms with Gasteiger partial charge in [-0.3, -0.25) is 0 Å². The Bertz CT molecular complexity index is 342. The summed E-state index contributed by atoms with van der Waals surface area (Å²) in [4.78, 5) is 10.2. The highest BCUT2D eigenvalue weighted by Crippen LogP contribution is 2.28. The molecule has 1 rings (SSSR count). The van der Waals surface area contributed by atoms with Crippen molar-refractivity contribution in [2.24, 2.45) is 0 Å². The summed E-state index contributed by atoms with van der Waals surface area (Å²) >= 11 is 3.23. The molecule has 0 saturated carbocycles. The number of halogens is 3. The van der Waals surface area contributed by atoms with Crippen LogP contribution in [0.25, 0.3) is 0 Å². The molecule has 1 aromatic rings. The van der Waals surface area contributed by atoms with E-state index in [-0.39, 0.29) is 12.2 Å². The Morgan fingerprint density at radius 3 is 2.80 bits per heavy atom. The van der Waals surface area contributed by atoms with Crippen LogP contribution in [0.2, 0.25) is 0 Å². The largest absolute Gasteiger partial charge is 0.435 e. The van der Waals surface area contributed by atoms with Crippen LogP contribution in [0.4, 0.5) is 8.78 Å². The number of hydrogen-bond acceptors (Lipinski definition) is 2. The predicted octanol–water partition coefficient (Wildman–Crippen LogP) is 3.18. The summed E-state index contributed by atoms with van der Waals surface area (Å²) in [6, 6.07) is 4.78. The Morgan fingerprint density at radius 2 is 2.20 bits per heavy atom. The van der Waals surface area contributed by atoms with E-state index in [9.17, 15) is 13.6 Å². The molecule has 0 saturated heterocycles. The molecule has 82 valence electrons. The van der Waals surface area contributed by atoms with Crippen LogP contribution in [0.5, 0.6) is 5.75 Å². The Balaban J connectivity index is 2.91. The molecule has 0 amide bonds. The average Bonchev–Trinajstić information content (AvgIpc) is 2.16. The normalized spacial score (nSPS) is 10.4. The maximum atomic E-state index is 12.0. The van der Waals surface area contributed by atoms with Crippen molar-refractivity contribution in [1.29, 1.82) is 0 Å². The fourth-order valence-electron chi connectivity index (χ4n) is 1.19. The standard InChI is InChI=1S/C10H9BrF2O2/c11-8-4-1-5-9(15-10(12)13)7(8)3-2-6-14/h1,4-6,10H,2-3H2. The van der Waals surface area contributed by atoms with Crippen LogP contribution in [0.3, 0.4) is 0 Å². The molecule has 0 atom stereocenters. The first-order valence-corrected chi connectivity index (χ1v) is 5.10. The SMILES string of the molecule is O=CCCc1c(Br)cccc1OC(F)F. The van der Waals surface area contributed by atoms with Crippen molar-refractivity contribution in [2.75, 3.05) is 0 Å². The monoisotopic (exact) mass is 278 g/mol. The zero-order valence-electron chi connectivity index (χ0n) is 7.75. The maximum absolute atomic E-state index is 12.0. The van der Waals surface area contributed by atoms with Crippen LogP contribution < -0.4 is 4.74 Å². The first kappa shape index (κ1) is 12.1. The molecule has 2 nitrogen and oxygen atoms in total. The van der Waals surface area contributed by atoms with E-state index >= 15 is 0 Å². The van der Waals surface area contributed by atoms with E-state index < -0.39 is 6.61 Å². The van der Waals surface area contributed by atoms with Gasteiger partial charge in [0.05, 0.1) is 0 Å². The van der Waals surface area contributed by atoms with E-state index in [0.717, 1.165) is 6.29 Å². The van der Waals surface area contributed by atoms with E-state index in [1.54, 1.807) is 12.1 Å². The van der Waals surface area contributed by atoms with Gasteiger partial charge >= 0.3 is 6.61 Å². The second kappa shape index (κ2) is 5.80. The molecular weight excluding hydrogens is 270 g/mol. The first-order valence-electron chi connectivity index (χ1n) is 4.31. The van der Waals surface area contributed by atoms with Crippen LogP contribution >= 0.6 is 15.9 Å². The van der Waals surface area contributed by atoms with Gasteiger partial charge in [-0.25, -0.2) is 0 Å². The second-order valence-electron chi connectivity index (χ2n) is 2.80. The Labute approximate surface area is 94.4 Å². The van der Waals surface area contributed by atoms with Gasteiger partial charge in [-0.15, -0.1) is 0 Å². The lowest BCUT2D eigenvalue weighted by atomic mass is 10.1. The minimum atomic E-state index is -2.85. The van der Waals surface area contributed by atoms with Crippen LogP contribution in [0.1, 0.15) is 12.0 Å². The number of hydrogen-bond donors (Lipinski definition) is 0. The van der Waals surface area contributed by atoms with Crippen molar-refractivity contribution >= 4 is 22.2 Å². The summed E-state index contributed by atoms with van der Waals surface area (Å²) in [6.07, 6.45) is 1.40. The summed E-state index contributed by atoms with van der Waals surface area (Å²) in [7, 11) is 0. The quantitative estimate of drug-likeness (QED) is 0.774. The van der Waals surface area contributed by atoms with Gasteiger partial charge in [0, 0.05) is 16.5 Å². The lowest BCUT2D eigenvalue weighted by Crippen LogP contribution is -2.05. The lowest BCUT2D eigenvalue weighted by Gasteiger charge is -2.11. The fourth-order valence-corrected chi connectivity index (χ4v) is 1.74. The highest BCUT2D eigenvalue weighted by molar-refractivity contribution is 9.10. The van der Waals surface area contributed by atoms with E-state index in [0.29, 0.717) is 16.5 Å². The number of aldehydes is 1. The number of carbonyl (C=O) groups is 1. The molecule has 0 bridgehead atoms. The number of alkyl halides is 2. The topological polar surface area (TPSA) is 26.3 Å². The summed E-state index contributed by atoms with van der Waals surface area (Å²) in [5.74, 6) is 0.112. The van der Waals surface area contributed by atoms with Crippen molar-refractivity contribution in [3.63, 3.8) is 0 Å². The smallest absolute Gasteiger partial charge is 0.387 e. The molecule has 0 N–H and O–H groups in total. The van der Waals surface area contributed by atoms with Gasteiger partial charge in [0.1, 0.15) is 12.0 Å². The molecule has 0 fully saturated rings. The average molecular weight is 279 g/mol. The summed E-state index contributed by atoms with van der Waals surface area (Å²) < 4.78 is 29.1. The van der Waals surface area contributed by atoms with Crippen molar-refractivity contribution < 1.29 is 18.3 Å². The van der Waals surface area contributed by atoms with Crippen LogP contribution in [-0.4, -0.2) is 12.9 Å². The van der Waals surface area contributed by atoms with E-state index in [2.05, 4.69) is 20.7 Å². The van der Waals surface area contributed by atoms with Crippen molar-refractivity contribution in [2.45, 2.75) is 19.5 Å². The van der Waals surface area contributed by atoms with Crippen molar-refractivity contribution in [3.8, 4) is 5.75 Å². The highest BCUT2D eigenvalue weighted by Gasteiger charge is 2.11. The second-order valence-corrected chi connectivity index (χ2v) is 3.65. The maximum Gasteiger partial charge on any atom is 0.387 e. The van der Waals surface area contributed by atoms with E-state index in [1.807, 2.05) is 0 Å². The molecule has 0 unspecified atom stereocenters. The fraction of sp³-hybridized carbons (Fsp3) is 0.300. The number of ether oxygens (including phenoxy) is 1. The summed E-state index contributed by atoms with van der Waals surface area (Å²) in [6.45, 7) is -2.85. The van der Waals surface area contributed by atoms with Gasteiger partial charge in [0.25, 0.3) is 0 Å². The number of carbonyl (C=O) groups excluding carboxylic acids is 1. The van der Waals surface area contributed by atoms with Gasteiger partial charge in [-0.05, 0) is 18.6 Å². The molecule has 0 aliphatic rings. The molecule has 0 spiro atoms. The molecule has 0 aliphatic carbocycles.